The van der Waals surface area contributed by atoms with E-state index in [0.29, 0.717) is 6.42 Å². The molecule has 1 unspecified atom stereocenters. The Kier molecular flexibility index (Phi) is 5.28. The van der Waals surface area contributed by atoms with Gasteiger partial charge in [0.1, 0.15) is 11.3 Å². The summed E-state index contributed by atoms with van der Waals surface area (Å²) in [5.41, 5.74) is 0.818. The molecule has 0 fully saturated rings. The molecule has 2 nitrogen and oxygen atoms in total. The van der Waals surface area contributed by atoms with Gasteiger partial charge in [-0.15, -0.1) is 0 Å². The van der Waals surface area contributed by atoms with Crippen LogP contribution in [0.2, 0.25) is 0 Å². The van der Waals surface area contributed by atoms with E-state index in [1.807, 2.05) is 37.3 Å². The van der Waals surface area contributed by atoms with Crippen LogP contribution in [0.25, 0.3) is 11.0 Å². The van der Waals surface area contributed by atoms with E-state index in [0.717, 1.165) is 29.6 Å². The molecule has 2 rings (SSSR count). The fraction of sp³-hybridized carbons (Fsp3) is 0.500. The van der Waals surface area contributed by atoms with E-state index >= 15 is 0 Å². The summed E-state index contributed by atoms with van der Waals surface area (Å²) in [6.07, 6.45) is -2.55. The maximum Gasteiger partial charge on any atom is 0.390 e. The van der Waals surface area contributed by atoms with Gasteiger partial charge in [-0.25, -0.2) is 0 Å². The lowest BCUT2D eigenvalue weighted by atomic mass is 10.1. The first-order chi connectivity index (χ1) is 9.98. The summed E-state index contributed by atoms with van der Waals surface area (Å²) in [7, 11) is 0. The Balaban J connectivity index is 1.95. The highest BCUT2D eigenvalue weighted by Gasteiger charge is 2.26. The Morgan fingerprint density at radius 3 is 2.67 bits per heavy atom. The number of fused-ring (bicyclic) bond motifs is 1. The van der Waals surface area contributed by atoms with Gasteiger partial charge in [-0.05, 0) is 18.6 Å². The summed E-state index contributed by atoms with van der Waals surface area (Å²) in [5, 5.41) is 4.02. The molecular formula is C16H20F3NO. The van der Waals surface area contributed by atoms with Crippen LogP contribution in [0.3, 0.4) is 0 Å². The highest BCUT2D eigenvalue weighted by Crippen LogP contribution is 2.21. The van der Waals surface area contributed by atoms with Gasteiger partial charge in [0.15, 0.2) is 0 Å². The molecule has 0 bridgehead atoms. The summed E-state index contributed by atoms with van der Waals surface area (Å²) < 4.78 is 42.3. The van der Waals surface area contributed by atoms with Gasteiger partial charge in [0.05, 0.1) is 6.42 Å². The number of furan rings is 1. The predicted molar refractivity (Wildman–Crippen MR) is 77.3 cm³/mol. The Labute approximate surface area is 122 Å². The van der Waals surface area contributed by atoms with Crippen LogP contribution in [0, 0.1) is 0 Å². The lowest BCUT2D eigenvalue weighted by molar-refractivity contribution is -0.133. The van der Waals surface area contributed by atoms with E-state index in [4.69, 9.17) is 4.42 Å². The van der Waals surface area contributed by atoms with Crippen LogP contribution in [0.4, 0.5) is 13.2 Å². The molecule has 1 atom stereocenters. The summed E-state index contributed by atoms with van der Waals surface area (Å²) >= 11 is 0. The molecule has 0 spiro atoms. The van der Waals surface area contributed by atoms with Crippen molar-refractivity contribution in [2.45, 2.75) is 44.8 Å². The lowest BCUT2D eigenvalue weighted by Crippen LogP contribution is -2.33. The number of alkyl halides is 3. The maximum atomic E-state index is 12.2. The molecule has 1 aromatic heterocycles. The molecule has 116 valence electrons. The van der Waals surface area contributed by atoms with Crippen molar-refractivity contribution in [1.82, 2.24) is 5.32 Å². The van der Waals surface area contributed by atoms with Crippen LogP contribution in [-0.2, 0) is 6.42 Å². The Morgan fingerprint density at radius 2 is 2.00 bits per heavy atom. The van der Waals surface area contributed by atoms with E-state index in [1.54, 1.807) is 0 Å². The zero-order valence-corrected chi connectivity index (χ0v) is 12.0. The van der Waals surface area contributed by atoms with Crippen molar-refractivity contribution in [3.63, 3.8) is 0 Å². The van der Waals surface area contributed by atoms with Gasteiger partial charge < -0.3 is 9.73 Å². The van der Waals surface area contributed by atoms with Gasteiger partial charge in [-0.2, -0.15) is 13.2 Å². The molecule has 21 heavy (non-hydrogen) atoms. The number of rotatable bonds is 7. The monoisotopic (exact) mass is 299 g/mol. The van der Waals surface area contributed by atoms with Gasteiger partial charge in [0.25, 0.3) is 0 Å². The molecule has 2 aromatic rings. The normalized spacial score (nSPS) is 13.7. The van der Waals surface area contributed by atoms with Crippen molar-refractivity contribution in [1.29, 1.82) is 0 Å². The first kappa shape index (κ1) is 15.9. The van der Waals surface area contributed by atoms with Crippen LogP contribution in [0.15, 0.2) is 34.7 Å². The Hall–Kier alpha value is -1.49. The smallest absolute Gasteiger partial charge is 0.390 e. The van der Waals surface area contributed by atoms with Gasteiger partial charge in [-0.3, -0.25) is 0 Å². The first-order valence-corrected chi connectivity index (χ1v) is 7.25. The van der Waals surface area contributed by atoms with Crippen molar-refractivity contribution in [3.05, 3.63) is 36.1 Å². The Bertz CT molecular complexity index is 529. The van der Waals surface area contributed by atoms with Crippen molar-refractivity contribution in [2.24, 2.45) is 0 Å². The summed E-state index contributed by atoms with van der Waals surface area (Å²) in [6, 6.07) is 9.67. The minimum absolute atomic E-state index is 0.0120. The third-order valence-corrected chi connectivity index (χ3v) is 3.40. The second-order valence-corrected chi connectivity index (χ2v) is 5.26. The minimum Gasteiger partial charge on any atom is -0.461 e. The number of halogens is 3. The van der Waals surface area contributed by atoms with Crippen LogP contribution < -0.4 is 5.32 Å². The van der Waals surface area contributed by atoms with Crippen molar-refractivity contribution in [2.75, 3.05) is 6.54 Å². The number of para-hydroxylation sites is 1. The molecule has 5 heteroatoms. The zero-order chi connectivity index (χ0) is 15.3. The third-order valence-electron chi connectivity index (χ3n) is 3.40. The molecule has 0 saturated heterocycles. The molecule has 0 radical (unpaired) electrons. The van der Waals surface area contributed by atoms with Crippen molar-refractivity contribution >= 4 is 11.0 Å². The van der Waals surface area contributed by atoms with E-state index in [1.165, 1.54) is 0 Å². The molecule has 0 aliphatic carbocycles. The van der Waals surface area contributed by atoms with Crippen molar-refractivity contribution in [3.8, 4) is 0 Å². The highest BCUT2D eigenvalue weighted by atomic mass is 19.4. The van der Waals surface area contributed by atoms with Gasteiger partial charge in [0, 0.05) is 24.4 Å². The van der Waals surface area contributed by atoms with E-state index in [-0.39, 0.29) is 12.6 Å². The topological polar surface area (TPSA) is 25.2 Å². The highest BCUT2D eigenvalue weighted by molar-refractivity contribution is 5.77. The average molecular weight is 299 g/mol. The molecule has 0 amide bonds. The molecule has 1 aromatic carbocycles. The predicted octanol–water partition coefficient (Wildman–Crippen LogP) is 4.69. The van der Waals surface area contributed by atoms with Crippen LogP contribution in [0.1, 0.15) is 31.9 Å². The van der Waals surface area contributed by atoms with E-state index < -0.39 is 12.6 Å². The maximum absolute atomic E-state index is 12.2. The Morgan fingerprint density at radius 1 is 1.24 bits per heavy atom. The molecule has 1 heterocycles. The third kappa shape index (κ3) is 5.08. The fourth-order valence-electron chi connectivity index (χ4n) is 2.42. The summed E-state index contributed by atoms with van der Waals surface area (Å²) in [6.45, 7) is 1.98. The lowest BCUT2D eigenvalue weighted by Gasteiger charge is -2.17. The zero-order valence-electron chi connectivity index (χ0n) is 12.0. The first-order valence-electron chi connectivity index (χ1n) is 7.25. The second kappa shape index (κ2) is 6.98. The van der Waals surface area contributed by atoms with Gasteiger partial charge >= 0.3 is 6.18 Å². The van der Waals surface area contributed by atoms with Crippen LogP contribution in [0.5, 0.6) is 0 Å². The van der Waals surface area contributed by atoms with Gasteiger partial charge in [0.2, 0.25) is 0 Å². The molecule has 0 aliphatic heterocycles. The minimum atomic E-state index is -4.11. The quantitative estimate of drug-likeness (QED) is 0.802. The molecule has 0 aliphatic rings. The largest absolute Gasteiger partial charge is 0.461 e. The SMILES string of the molecule is CCCC(Cc1cc2ccccc2o1)NCCC(F)(F)F. The van der Waals surface area contributed by atoms with E-state index in [2.05, 4.69) is 5.32 Å². The number of hydrogen-bond acceptors (Lipinski definition) is 2. The van der Waals surface area contributed by atoms with Crippen LogP contribution >= 0.6 is 0 Å². The molecule has 1 N–H and O–H groups in total. The van der Waals surface area contributed by atoms with E-state index in [9.17, 15) is 13.2 Å². The molecular weight excluding hydrogens is 279 g/mol. The second-order valence-electron chi connectivity index (χ2n) is 5.26. The molecule has 0 saturated carbocycles. The van der Waals surface area contributed by atoms with Crippen molar-refractivity contribution < 1.29 is 17.6 Å². The number of hydrogen-bond donors (Lipinski definition) is 1. The number of benzene rings is 1. The van der Waals surface area contributed by atoms with Gasteiger partial charge in [-0.1, -0.05) is 31.5 Å². The van der Waals surface area contributed by atoms with Crippen LogP contribution in [-0.4, -0.2) is 18.8 Å². The summed E-state index contributed by atoms with van der Waals surface area (Å²) in [4.78, 5) is 0. The average Bonchev–Trinajstić information content (AvgIpc) is 2.79. The number of nitrogens with one attached hydrogen (secondary N) is 1. The fourth-order valence-corrected chi connectivity index (χ4v) is 2.42. The standard InChI is InChI=1S/C16H20F3NO/c1-2-5-13(20-9-8-16(17,18)19)11-14-10-12-6-3-4-7-15(12)21-14/h3-4,6-7,10,13,20H,2,5,8-9,11H2,1H3. The summed E-state index contributed by atoms with van der Waals surface area (Å²) in [5.74, 6) is 0.814.